The smallest absolute Gasteiger partial charge is 0.182 e. The van der Waals surface area contributed by atoms with Gasteiger partial charge in [0.2, 0.25) is 0 Å². The standard InChI is InChI=1S/C14H20NO2P.C9H11N5/c1-16-14-4-2-3-10-5-6-11(7-13(10)14)15-8-12(9-15)17-18;1-2-4-14(3-1)9-7-8(11-5-10-7)12-6-13-9/h2-4,11-12H,5-9,18H2,1H3;5-6H,1-4H2,(H,10,11,12,13). The summed E-state index contributed by atoms with van der Waals surface area (Å²) in [5.74, 6) is 2.04. The van der Waals surface area contributed by atoms with E-state index in [1.807, 2.05) is 0 Å². The SMILES string of the molecule is COc1cccc2c1CC(N1CC(OP)C1)CC2.c1nc(N2CCCC2)c2[nH]cnc2n1. The summed E-state index contributed by atoms with van der Waals surface area (Å²) in [6, 6.07) is 7.06. The van der Waals surface area contributed by atoms with E-state index in [-0.39, 0.29) is 0 Å². The number of nitrogens with one attached hydrogen (secondary N) is 1. The number of fused-ring (bicyclic) bond motifs is 2. The lowest BCUT2D eigenvalue weighted by Gasteiger charge is -2.45. The molecule has 4 heterocycles. The number of imidazole rings is 1. The largest absolute Gasteiger partial charge is 0.496 e. The minimum Gasteiger partial charge on any atom is -0.496 e. The Kier molecular flexibility index (Phi) is 6.53. The molecule has 3 aliphatic rings. The zero-order chi connectivity index (χ0) is 21.9. The third kappa shape index (κ3) is 4.32. The van der Waals surface area contributed by atoms with Gasteiger partial charge in [-0.15, -0.1) is 0 Å². The highest BCUT2D eigenvalue weighted by atomic mass is 31.0. The molecule has 1 aliphatic carbocycles. The molecule has 6 rings (SSSR count). The van der Waals surface area contributed by atoms with E-state index >= 15 is 0 Å². The number of H-pyrrole nitrogens is 1. The van der Waals surface area contributed by atoms with Crippen molar-refractivity contribution in [2.45, 2.75) is 44.2 Å². The van der Waals surface area contributed by atoms with Crippen LogP contribution in [0, 0.1) is 0 Å². The molecule has 0 amide bonds. The van der Waals surface area contributed by atoms with E-state index in [9.17, 15) is 0 Å². The number of hydrogen-bond donors (Lipinski definition) is 1. The zero-order valence-corrected chi connectivity index (χ0v) is 19.7. The lowest BCUT2D eigenvalue weighted by atomic mass is 9.85. The summed E-state index contributed by atoms with van der Waals surface area (Å²) in [5, 5.41) is 0. The summed E-state index contributed by atoms with van der Waals surface area (Å²) in [4.78, 5) is 20.4. The number of hydrogen-bond acceptors (Lipinski definition) is 7. The van der Waals surface area contributed by atoms with Crippen LogP contribution in [0.1, 0.15) is 30.4 Å². The molecule has 0 saturated carbocycles. The number of aromatic amines is 1. The van der Waals surface area contributed by atoms with Crippen LogP contribution < -0.4 is 9.64 Å². The molecular formula is C23H31N6O2P. The second-order valence-corrected chi connectivity index (χ2v) is 8.97. The van der Waals surface area contributed by atoms with Gasteiger partial charge in [-0.1, -0.05) is 12.1 Å². The quantitative estimate of drug-likeness (QED) is 0.607. The number of rotatable bonds is 4. The van der Waals surface area contributed by atoms with E-state index in [1.54, 1.807) is 19.8 Å². The summed E-state index contributed by atoms with van der Waals surface area (Å²) in [7, 11) is 4.14. The Bertz CT molecular complexity index is 1030. The van der Waals surface area contributed by atoms with Gasteiger partial charge in [0.1, 0.15) is 17.6 Å². The van der Waals surface area contributed by atoms with Gasteiger partial charge < -0.3 is 19.1 Å². The molecule has 9 heteroatoms. The monoisotopic (exact) mass is 454 g/mol. The number of aromatic nitrogens is 4. The van der Waals surface area contributed by atoms with Crippen LogP contribution in [0.3, 0.4) is 0 Å². The van der Waals surface area contributed by atoms with Crippen LogP contribution in [-0.2, 0) is 17.4 Å². The summed E-state index contributed by atoms with van der Waals surface area (Å²) in [6.45, 7) is 4.31. The first-order valence-corrected chi connectivity index (χ1v) is 11.9. The first-order valence-electron chi connectivity index (χ1n) is 11.4. The van der Waals surface area contributed by atoms with Crippen LogP contribution >= 0.6 is 9.47 Å². The van der Waals surface area contributed by atoms with Gasteiger partial charge in [0, 0.05) is 41.7 Å². The van der Waals surface area contributed by atoms with Gasteiger partial charge >= 0.3 is 0 Å². The molecule has 32 heavy (non-hydrogen) atoms. The minimum absolute atomic E-state index is 0.411. The fraction of sp³-hybridized carbons (Fsp3) is 0.522. The molecule has 1 N–H and O–H groups in total. The molecule has 0 bridgehead atoms. The summed E-state index contributed by atoms with van der Waals surface area (Å²) < 4.78 is 10.8. The maximum atomic E-state index is 5.49. The molecule has 2 aliphatic heterocycles. The number of benzene rings is 1. The molecule has 1 aromatic carbocycles. The predicted molar refractivity (Wildman–Crippen MR) is 128 cm³/mol. The maximum Gasteiger partial charge on any atom is 0.182 e. The van der Waals surface area contributed by atoms with Crippen molar-refractivity contribution in [3.8, 4) is 5.75 Å². The average molecular weight is 455 g/mol. The summed E-state index contributed by atoms with van der Waals surface area (Å²) in [5.41, 5.74) is 4.58. The van der Waals surface area contributed by atoms with Crippen LogP contribution in [0.5, 0.6) is 5.75 Å². The number of methoxy groups -OCH3 is 1. The Morgan fingerprint density at radius 3 is 2.75 bits per heavy atom. The second kappa shape index (κ2) is 9.69. The molecule has 2 atom stereocenters. The Morgan fingerprint density at radius 1 is 1.12 bits per heavy atom. The van der Waals surface area contributed by atoms with Gasteiger partial charge in [-0.2, -0.15) is 0 Å². The van der Waals surface area contributed by atoms with Crippen molar-refractivity contribution in [3.63, 3.8) is 0 Å². The van der Waals surface area contributed by atoms with Crippen molar-refractivity contribution in [1.82, 2.24) is 24.8 Å². The zero-order valence-electron chi connectivity index (χ0n) is 18.5. The first-order chi connectivity index (χ1) is 15.8. The van der Waals surface area contributed by atoms with Crippen LogP contribution in [0.4, 0.5) is 5.82 Å². The number of nitrogens with zero attached hydrogens (tertiary/aromatic N) is 5. The molecule has 2 saturated heterocycles. The van der Waals surface area contributed by atoms with Gasteiger partial charge in [0.25, 0.3) is 0 Å². The molecule has 2 fully saturated rings. The fourth-order valence-electron chi connectivity index (χ4n) is 5.01. The molecule has 0 radical (unpaired) electrons. The average Bonchev–Trinajstić information content (AvgIpc) is 3.50. The van der Waals surface area contributed by atoms with E-state index in [2.05, 4.69) is 57.4 Å². The topological polar surface area (TPSA) is 79.4 Å². The molecule has 0 spiro atoms. The van der Waals surface area contributed by atoms with Crippen molar-refractivity contribution >= 4 is 26.4 Å². The highest BCUT2D eigenvalue weighted by Gasteiger charge is 2.34. The van der Waals surface area contributed by atoms with E-state index in [0.717, 1.165) is 55.3 Å². The third-order valence-corrected chi connectivity index (χ3v) is 7.22. The Morgan fingerprint density at radius 2 is 1.97 bits per heavy atom. The van der Waals surface area contributed by atoms with Crippen LogP contribution in [0.15, 0.2) is 30.9 Å². The molecule has 2 aromatic heterocycles. The number of anilines is 1. The first kappa shape index (κ1) is 21.6. The van der Waals surface area contributed by atoms with E-state index in [4.69, 9.17) is 9.26 Å². The normalized spacial score (nSPS) is 21.1. The second-order valence-electron chi connectivity index (χ2n) is 8.70. The Labute approximate surface area is 191 Å². The van der Waals surface area contributed by atoms with Crippen molar-refractivity contribution < 1.29 is 9.26 Å². The number of ether oxygens (including phenoxy) is 1. The number of likely N-dealkylation sites (tertiary alicyclic amines) is 1. The Hall–Kier alpha value is -2.28. The third-order valence-electron chi connectivity index (χ3n) is 6.83. The minimum atomic E-state index is 0.411. The lowest BCUT2D eigenvalue weighted by Crippen LogP contribution is -2.56. The number of aryl methyl sites for hydroxylation is 1. The van der Waals surface area contributed by atoms with Crippen LogP contribution in [-0.4, -0.2) is 70.3 Å². The maximum absolute atomic E-state index is 5.49. The van der Waals surface area contributed by atoms with Gasteiger partial charge in [-0.25, -0.2) is 15.0 Å². The van der Waals surface area contributed by atoms with E-state index < -0.39 is 0 Å². The highest BCUT2D eigenvalue weighted by molar-refractivity contribution is 7.09. The summed E-state index contributed by atoms with van der Waals surface area (Å²) in [6.07, 6.45) is 9.69. The van der Waals surface area contributed by atoms with Gasteiger partial charge in [-0.05, 0) is 49.3 Å². The lowest BCUT2D eigenvalue weighted by molar-refractivity contribution is -0.00337. The van der Waals surface area contributed by atoms with Gasteiger partial charge in [0.05, 0.1) is 19.5 Å². The Balaban J connectivity index is 0.000000139. The molecule has 170 valence electrons. The van der Waals surface area contributed by atoms with Crippen LogP contribution in [0.25, 0.3) is 11.2 Å². The molecule has 2 unspecified atom stereocenters. The molecule has 3 aromatic rings. The predicted octanol–water partition coefficient (Wildman–Crippen LogP) is 3.00. The van der Waals surface area contributed by atoms with Crippen molar-refractivity contribution in [2.75, 3.05) is 38.2 Å². The van der Waals surface area contributed by atoms with Crippen molar-refractivity contribution in [1.29, 1.82) is 0 Å². The van der Waals surface area contributed by atoms with Gasteiger partial charge in [0.15, 0.2) is 11.5 Å². The molecular weight excluding hydrogens is 423 g/mol. The molecule has 8 nitrogen and oxygen atoms in total. The fourth-order valence-corrected chi connectivity index (χ4v) is 5.19. The van der Waals surface area contributed by atoms with Gasteiger partial charge in [-0.3, -0.25) is 4.90 Å². The van der Waals surface area contributed by atoms with Crippen LogP contribution in [0.2, 0.25) is 0 Å². The van der Waals surface area contributed by atoms with E-state index in [1.165, 1.54) is 36.8 Å². The highest BCUT2D eigenvalue weighted by Crippen LogP contribution is 2.33. The van der Waals surface area contributed by atoms with Crippen molar-refractivity contribution in [3.05, 3.63) is 42.0 Å². The van der Waals surface area contributed by atoms with E-state index in [0.29, 0.717) is 12.1 Å². The summed E-state index contributed by atoms with van der Waals surface area (Å²) >= 11 is 0. The van der Waals surface area contributed by atoms with Crippen molar-refractivity contribution in [2.24, 2.45) is 0 Å².